The van der Waals surface area contributed by atoms with E-state index in [1.165, 1.54) is 38.4 Å². The first-order chi connectivity index (χ1) is 14.2. The summed E-state index contributed by atoms with van der Waals surface area (Å²) in [6, 6.07) is 8.79. The molecule has 0 fully saturated rings. The van der Waals surface area contributed by atoms with Gasteiger partial charge in [0, 0.05) is 31.4 Å². The number of ether oxygens (including phenoxy) is 2. The molecule has 2 N–H and O–H groups in total. The highest BCUT2D eigenvalue weighted by molar-refractivity contribution is 7.89. The number of aliphatic hydroxyl groups excluding tert-OH is 1. The molecule has 0 unspecified atom stereocenters. The topological polar surface area (TPSA) is 105 Å². The highest BCUT2D eigenvalue weighted by atomic mass is 35.5. The summed E-state index contributed by atoms with van der Waals surface area (Å²) in [4.78, 5) is 12.5. The number of carbonyl (C=O) groups excluding carboxylic acids is 1. The molecule has 0 heterocycles. The minimum absolute atomic E-state index is 0.0240. The van der Waals surface area contributed by atoms with Gasteiger partial charge in [0.15, 0.2) is 0 Å². The highest BCUT2D eigenvalue weighted by Gasteiger charge is 2.22. The number of nitrogens with one attached hydrogen (secondary N) is 1. The maximum Gasteiger partial charge on any atom is 0.340 e. The second kappa shape index (κ2) is 10.8. The van der Waals surface area contributed by atoms with Crippen molar-refractivity contribution in [3.63, 3.8) is 0 Å². The minimum Gasteiger partial charge on any atom is -0.488 e. The molecule has 0 aliphatic rings. The molecule has 164 valence electrons. The summed E-state index contributed by atoms with van der Waals surface area (Å²) >= 11 is 11.8. The van der Waals surface area contributed by atoms with E-state index in [1.807, 2.05) is 0 Å². The van der Waals surface area contributed by atoms with E-state index in [9.17, 15) is 13.2 Å². The zero-order valence-corrected chi connectivity index (χ0v) is 18.7. The summed E-state index contributed by atoms with van der Waals surface area (Å²) in [5.41, 5.74) is 0.365. The fourth-order valence-corrected chi connectivity index (χ4v) is 3.76. The number of hydrogen-bond donors (Lipinski definition) is 2. The van der Waals surface area contributed by atoms with Crippen LogP contribution in [0.25, 0.3) is 0 Å². The Morgan fingerprint density at radius 2 is 1.87 bits per heavy atom. The van der Waals surface area contributed by atoms with Gasteiger partial charge >= 0.3 is 5.97 Å². The summed E-state index contributed by atoms with van der Waals surface area (Å²) in [7, 11) is -0.955. The van der Waals surface area contributed by atoms with Crippen LogP contribution >= 0.6 is 23.2 Å². The van der Waals surface area contributed by atoms with E-state index >= 15 is 0 Å². The van der Waals surface area contributed by atoms with Crippen LogP contribution in [-0.4, -0.2) is 64.3 Å². The van der Waals surface area contributed by atoms with Crippen LogP contribution in [0.4, 0.5) is 5.69 Å². The first-order valence-corrected chi connectivity index (χ1v) is 11.0. The molecule has 0 spiro atoms. The fourth-order valence-electron chi connectivity index (χ4n) is 2.36. The summed E-state index contributed by atoms with van der Waals surface area (Å²) in [6.45, 7) is -0.0514. The highest BCUT2D eigenvalue weighted by Crippen LogP contribution is 2.27. The van der Waals surface area contributed by atoms with Crippen LogP contribution in [0, 0.1) is 0 Å². The van der Waals surface area contributed by atoms with E-state index < -0.39 is 16.0 Å². The molecule has 0 aliphatic carbocycles. The Balaban J connectivity index is 2.11. The maximum absolute atomic E-state index is 12.6. The smallest absolute Gasteiger partial charge is 0.340 e. The van der Waals surface area contributed by atoms with E-state index in [2.05, 4.69) is 5.32 Å². The quantitative estimate of drug-likeness (QED) is 0.401. The van der Waals surface area contributed by atoms with Gasteiger partial charge in [-0.2, -0.15) is 0 Å². The van der Waals surface area contributed by atoms with E-state index in [-0.39, 0.29) is 36.8 Å². The maximum atomic E-state index is 12.6. The number of nitrogens with zero attached hydrogens (tertiary/aromatic N) is 1. The number of aliphatic hydroxyl groups is 1. The number of carbonyl (C=O) groups is 1. The number of anilines is 1. The molecule has 0 amide bonds. The Labute approximate surface area is 185 Å². The van der Waals surface area contributed by atoms with Crippen LogP contribution < -0.4 is 10.1 Å². The monoisotopic (exact) mass is 476 g/mol. The molecule has 8 nitrogen and oxygen atoms in total. The van der Waals surface area contributed by atoms with E-state index in [1.54, 1.807) is 12.1 Å². The molecule has 0 aromatic heterocycles. The predicted molar refractivity (Wildman–Crippen MR) is 115 cm³/mol. The van der Waals surface area contributed by atoms with Crippen molar-refractivity contribution >= 4 is 44.9 Å². The normalized spacial score (nSPS) is 11.4. The number of halogens is 2. The lowest BCUT2D eigenvalue weighted by atomic mass is 10.2. The van der Waals surface area contributed by atoms with Crippen molar-refractivity contribution in [2.75, 3.05) is 45.8 Å². The molecule has 0 bridgehead atoms. The molecule has 11 heteroatoms. The number of hydrogen-bond acceptors (Lipinski definition) is 7. The van der Waals surface area contributed by atoms with Gasteiger partial charge in [0.05, 0.1) is 22.1 Å². The Kier molecular flexibility index (Phi) is 8.75. The van der Waals surface area contributed by atoms with Crippen molar-refractivity contribution in [2.45, 2.75) is 4.90 Å². The van der Waals surface area contributed by atoms with Crippen molar-refractivity contribution in [3.05, 3.63) is 52.0 Å². The summed E-state index contributed by atoms with van der Waals surface area (Å²) in [5.74, 6) is -0.349. The lowest BCUT2D eigenvalue weighted by molar-refractivity contribution is 0.0451. The van der Waals surface area contributed by atoms with Gasteiger partial charge in [-0.15, -0.1) is 0 Å². The van der Waals surface area contributed by atoms with Crippen LogP contribution in [0.5, 0.6) is 5.75 Å². The summed E-state index contributed by atoms with van der Waals surface area (Å²) in [6.07, 6.45) is 0. The van der Waals surface area contributed by atoms with Crippen LogP contribution in [0.2, 0.25) is 10.0 Å². The van der Waals surface area contributed by atoms with Gasteiger partial charge in [0.25, 0.3) is 0 Å². The molecule has 2 aromatic carbocycles. The largest absolute Gasteiger partial charge is 0.488 e. The molecule has 0 aliphatic heterocycles. The van der Waals surface area contributed by atoms with Crippen LogP contribution in [0.1, 0.15) is 10.4 Å². The van der Waals surface area contributed by atoms with Crippen LogP contribution in [0.15, 0.2) is 41.3 Å². The van der Waals surface area contributed by atoms with Crippen molar-refractivity contribution in [1.29, 1.82) is 0 Å². The molecule has 2 rings (SSSR count). The number of sulfonamides is 1. The van der Waals surface area contributed by atoms with Gasteiger partial charge < -0.3 is 19.9 Å². The van der Waals surface area contributed by atoms with Gasteiger partial charge in [0.2, 0.25) is 10.0 Å². The molecule has 0 saturated heterocycles. The third-order valence-corrected chi connectivity index (χ3v) is 6.23. The van der Waals surface area contributed by atoms with Crippen LogP contribution in [0.3, 0.4) is 0 Å². The van der Waals surface area contributed by atoms with Crippen molar-refractivity contribution < 1.29 is 27.8 Å². The van der Waals surface area contributed by atoms with E-state index in [4.69, 9.17) is 37.8 Å². The number of esters is 1. The van der Waals surface area contributed by atoms with E-state index in [0.29, 0.717) is 21.5 Å². The third kappa shape index (κ3) is 6.23. The SMILES string of the molecule is CN(C)S(=O)(=O)c1ccc(NCCO)c(C(=O)OCCOc2ccc(Cl)cc2Cl)c1. The third-order valence-electron chi connectivity index (χ3n) is 3.88. The van der Waals surface area contributed by atoms with Gasteiger partial charge in [-0.1, -0.05) is 23.2 Å². The first kappa shape index (κ1) is 24.2. The molecule has 0 atom stereocenters. The molecular formula is C19H22Cl2N2O6S. The molecule has 0 saturated carbocycles. The average molecular weight is 477 g/mol. The van der Waals surface area contributed by atoms with Crippen LogP contribution in [-0.2, 0) is 14.8 Å². The van der Waals surface area contributed by atoms with E-state index in [0.717, 1.165) is 4.31 Å². The van der Waals surface area contributed by atoms with Crippen molar-refractivity contribution in [2.24, 2.45) is 0 Å². The number of benzene rings is 2. The Morgan fingerprint density at radius 3 is 2.50 bits per heavy atom. The van der Waals surface area contributed by atoms with Crippen molar-refractivity contribution in [1.82, 2.24) is 4.31 Å². The van der Waals surface area contributed by atoms with Gasteiger partial charge in [0.1, 0.15) is 19.0 Å². The Morgan fingerprint density at radius 1 is 1.13 bits per heavy atom. The fraction of sp³-hybridized carbons (Fsp3) is 0.316. The Bertz CT molecular complexity index is 999. The zero-order valence-electron chi connectivity index (χ0n) is 16.4. The lowest BCUT2D eigenvalue weighted by Gasteiger charge is -2.15. The number of rotatable bonds is 10. The standard InChI is InChI=1S/C19H22Cl2N2O6S/c1-23(2)30(26,27)14-4-5-17(22-7-8-24)15(12-14)19(25)29-10-9-28-18-6-3-13(20)11-16(18)21/h3-6,11-12,22,24H,7-10H2,1-2H3. The molecule has 2 aromatic rings. The van der Waals surface area contributed by atoms with Crippen molar-refractivity contribution in [3.8, 4) is 5.75 Å². The summed E-state index contributed by atoms with van der Waals surface area (Å²) < 4.78 is 36.5. The summed E-state index contributed by atoms with van der Waals surface area (Å²) in [5, 5.41) is 12.7. The average Bonchev–Trinajstić information content (AvgIpc) is 2.70. The Hall–Kier alpha value is -2.04. The van der Waals surface area contributed by atoms with Gasteiger partial charge in [-0.05, 0) is 36.4 Å². The molecule has 0 radical (unpaired) electrons. The second-order valence-corrected chi connectivity index (χ2v) is 9.20. The van der Waals surface area contributed by atoms with Gasteiger partial charge in [-0.25, -0.2) is 17.5 Å². The van der Waals surface area contributed by atoms with Gasteiger partial charge in [-0.3, -0.25) is 0 Å². The molecule has 30 heavy (non-hydrogen) atoms. The lowest BCUT2D eigenvalue weighted by Crippen LogP contribution is -2.23. The second-order valence-electron chi connectivity index (χ2n) is 6.20. The minimum atomic E-state index is -3.74. The zero-order chi connectivity index (χ0) is 22.3. The first-order valence-electron chi connectivity index (χ1n) is 8.83. The molecular weight excluding hydrogens is 455 g/mol. The predicted octanol–water partition coefficient (Wildman–Crippen LogP) is 2.88.